The van der Waals surface area contributed by atoms with Crippen LogP contribution in [0.5, 0.6) is 0 Å². The first-order valence-corrected chi connectivity index (χ1v) is 7.19. The zero-order valence-corrected chi connectivity index (χ0v) is 12.6. The Hall–Kier alpha value is -0.640. The molecule has 0 spiro atoms. The Kier molecular flexibility index (Phi) is 7.36. The first kappa shape index (κ1) is 16.4. The van der Waals surface area contributed by atoms with Crippen molar-refractivity contribution in [2.24, 2.45) is 0 Å². The van der Waals surface area contributed by atoms with Crippen LogP contribution < -0.4 is 5.32 Å². The summed E-state index contributed by atoms with van der Waals surface area (Å²) in [4.78, 5) is 0. The second-order valence-corrected chi connectivity index (χ2v) is 5.39. The summed E-state index contributed by atoms with van der Waals surface area (Å²) in [7, 11) is 0. The molecule has 2 nitrogen and oxygen atoms in total. The standard InChI is InChI=1S/C15H23ClFNO/c1-4-7-18-13(10-19-11(2)3)8-12-5-6-15(17)14(16)9-12/h5-6,9,11,13,18H,4,7-8,10H2,1-3H3. The Bertz CT molecular complexity index is 384. The lowest BCUT2D eigenvalue weighted by Gasteiger charge is -2.20. The average molecular weight is 288 g/mol. The molecule has 0 aromatic heterocycles. The first-order chi connectivity index (χ1) is 9.02. The normalized spacial score (nSPS) is 12.9. The summed E-state index contributed by atoms with van der Waals surface area (Å²) in [5.41, 5.74) is 1.02. The van der Waals surface area contributed by atoms with Crippen molar-refractivity contribution >= 4 is 11.6 Å². The van der Waals surface area contributed by atoms with Gasteiger partial charge in [0.1, 0.15) is 5.82 Å². The fourth-order valence-corrected chi connectivity index (χ4v) is 2.00. The van der Waals surface area contributed by atoms with Gasteiger partial charge in [0.2, 0.25) is 0 Å². The minimum absolute atomic E-state index is 0.177. The number of halogens is 2. The maximum atomic E-state index is 13.1. The van der Waals surface area contributed by atoms with E-state index in [-0.39, 0.29) is 23.0 Å². The van der Waals surface area contributed by atoms with Crippen LogP contribution in [0.2, 0.25) is 5.02 Å². The minimum Gasteiger partial charge on any atom is -0.377 e. The summed E-state index contributed by atoms with van der Waals surface area (Å²) in [6.07, 6.45) is 2.07. The predicted molar refractivity (Wildman–Crippen MR) is 78.3 cm³/mol. The third-order valence-electron chi connectivity index (χ3n) is 2.78. The fraction of sp³-hybridized carbons (Fsp3) is 0.600. The number of nitrogens with one attached hydrogen (secondary N) is 1. The summed E-state index contributed by atoms with van der Waals surface area (Å²) < 4.78 is 18.8. The van der Waals surface area contributed by atoms with Crippen molar-refractivity contribution in [3.8, 4) is 0 Å². The molecule has 0 saturated heterocycles. The lowest BCUT2D eigenvalue weighted by molar-refractivity contribution is 0.0613. The first-order valence-electron chi connectivity index (χ1n) is 6.81. The van der Waals surface area contributed by atoms with Crippen LogP contribution in [0.25, 0.3) is 0 Å². The van der Waals surface area contributed by atoms with Crippen molar-refractivity contribution in [1.82, 2.24) is 5.32 Å². The van der Waals surface area contributed by atoms with E-state index in [2.05, 4.69) is 12.2 Å². The highest BCUT2D eigenvalue weighted by Gasteiger charge is 2.11. The molecule has 0 aliphatic carbocycles. The van der Waals surface area contributed by atoms with Crippen molar-refractivity contribution in [1.29, 1.82) is 0 Å². The van der Waals surface area contributed by atoms with Gasteiger partial charge in [-0.3, -0.25) is 0 Å². The van der Waals surface area contributed by atoms with Crippen LogP contribution in [0, 0.1) is 5.82 Å². The average Bonchev–Trinajstić information content (AvgIpc) is 2.37. The van der Waals surface area contributed by atoms with Crippen molar-refractivity contribution in [2.75, 3.05) is 13.2 Å². The van der Waals surface area contributed by atoms with Gasteiger partial charge in [0.25, 0.3) is 0 Å². The van der Waals surface area contributed by atoms with Gasteiger partial charge in [0, 0.05) is 6.04 Å². The lowest BCUT2D eigenvalue weighted by atomic mass is 10.1. The van der Waals surface area contributed by atoms with E-state index in [0.29, 0.717) is 6.61 Å². The molecule has 1 aromatic carbocycles. The molecular weight excluding hydrogens is 265 g/mol. The van der Waals surface area contributed by atoms with Gasteiger partial charge in [-0.2, -0.15) is 0 Å². The van der Waals surface area contributed by atoms with Gasteiger partial charge in [-0.1, -0.05) is 24.6 Å². The summed E-state index contributed by atoms with van der Waals surface area (Å²) in [5, 5.41) is 3.62. The number of ether oxygens (including phenoxy) is 1. The van der Waals surface area contributed by atoms with Gasteiger partial charge in [-0.15, -0.1) is 0 Å². The largest absolute Gasteiger partial charge is 0.377 e. The van der Waals surface area contributed by atoms with Gasteiger partial charge < -0.3 is 10.1 Å². The van der Waals surface area contributed by atoms with Crippen LogP contribution in [0.15, 0.2) is 18.2 Å². The molecule has 4 heteroatoms. The Morgan fingerprint density at radius 3 is 2.68 bits per heavy atom. The molecule has 0 fully saturated rings. The predicted octanol–water partition coefficient (Wildman–Crippen LogP) is 3.81. The van der Waals surface area contributed by atoms with Gasteiger partial charge in [0.15, 0.2) is 0 Å². The molecular formula is C15H23ClFNO. The highest BCUT2D eigenvalue weighted by molar-refractivity contribution is 6.30. The Morgan fingerprint density at radius 1 is 1.37 bits per heavy atom. The zero-order chi connectivity index (χ0) is 14.3. The van der Waals surface area contributed by atoms with Crippen molar-refractivity contribution in [3.63, 3.8) is 0 Å². The number of rotatable bonds is 8. The molecule has 1 atom stereocenters. The monoisotopic (exact) mass is 287 g/mol. The van der Waals surface area contributed by atoms with Gasteiger partial charge in [-0.05, 0) is 50.9 Å². The molecule has 1 aromatic rings. The van der Waals surface area contributed by atoms with Crippen LogP contribution in [-0.4, -0.2) is 25.3 Å². The van der Waals surface area contributed by atoms with Gasteiger partial charge >= 0.3 is 0 Å². The second-order valence-electron chi connectivity index (χ2n) is 4.99. The molecule has 108 valence electrons. The number of benzene rings is 1. The summed E-state index contributed by atoms with van der Waals surface area (Å²) >= 11 is 5.80. The third-order valence-corrected chi connectivity index (χ3v) is 3.07. The van der Waals surface area contributed by atoms with Crippen LogP contribution in [0.4, 0.5) is 4.39 Å². The Balaban J connectivity index is 2.61. The molecule has 1 unspecified atom stereocenters. The Labute approximate surface area is 120 Å². The third kappa shape index (κ3) is 6.37. The Morgan fingerprint density at radius 2 is 2.11 bits per heavy atom. The van der Waals surface area contributed by atoms with E-state index in [1.54, 1.807) is 12.1 Å². The molecule has 1 N–H and O–H groups in total. The molecule has 0 aliphatic rings. The lowest BCUT2D eigenvalue weighted by Crippen LogP contribution is -2.36. The fourth-order valence-electron chi connectivity index (χ4n) is 1.80. The van der Waals surface area contributed by atoms with E-state index in [0.717, 1.165) is 24.9 Å². The topological polar surface area (TPSA) is 21.3 Å². The molecule has 0 saturated carbocycles. The van der Waals surface area contributed by atoms with Crippen LogP contribution in [0.3, 0.4) is 0 Å². The van der Waals surface area contributed by atoms with E-state index < -0.39 is 0 Å². The van der Waals surface area contributed by atoms with E-state index in [1.807, 2.05) is 13.8 Å². The van der Waals surface area contributed by atoms with Crippen LogP contribution in [0.1, 0.15) is 32.8 Å². The van der Waals surface area contributed by atoms with E-state index in [9.17, 15) is 4.39 Å². The smallest absolute Gasteiger partial charge is 0.141 e. The maximum Gasteiger partial charge on any atom is 0.141 e. The molecule has 0 radical (unpaired) electrons. The summed E-state index contributed by atoms with van der Waals surface area (Å²) in [5.74, 6) is -0.373. The van der Waals surface area contributed by atoms with Crippen molar-refractivity contribution < 1.29 is 9.13 Å². The van der Waals surface area contributed by atoms with Gasteiger partial charge in [0.05, 0.1) is 17.7 Å². The minimum atomic E-state index is -0.373. The summed E-state index contributed by atoms with van der Waals surface area (Å²) in [6, 6.07) is 5.10. The van der Waals surface area contributed by atoms with E-state index in [4.69, 9.17) is 16.3 Å². The number of hydrogen-bond donors (Lipinski definition) is 1. The molecule has 0 amide bonds. The van der Waals surface area contributed by atoms with Crippen LogP contribution >= 0.6 is 11.6 Å². The molecule has 0 aliphatic heterocycles. The van der Waals surface area contributed by atoms with Crippen molar-refractivity contribution in [2.45, 2.75) is 45.8 Å². The van der Waals surface area contributed by atoms with Crippen LogP contribution in [-0.2, 0) is 11.2 Å². The zero-order valence-electron chi connectivity index (χ0n) is 11.9. The SMILES string of the molecule is CCCNC(COC(C)C)Cc1ccc(F)c(Cl)c1. The quantitative estimate of drug-likeness (QED) is 0.785. The van der Waals surface area contributed by atoms with Gasteiger partial charge in [-0.25, -0.2) is 4.39 Å². The highest BCUT2D eigenvalue weighted by Crippen LogP contribution is 2.17. The maximum absolute atomic E-state index is 13.1. The van der Waals surface area contributed by atoms with E-state index in [1.165, 1.54) is 6.07 Å². The molecule has 19 heavy (non-hydrogen) atoms. The van der Waals surface area contributed by atoms with E-state index >= 15 is 0 Å². The highest BCUT2D eigenvalue weighted by atomic mass is 35.5. The number of hydrogen-bond acceptors (Lipinski definition) is 2. The molecule has 1 rings (SSSR count). The molecule has 0 bridgehead atoms. The molecule has 0 heterocycles. The second kappa shape index (κ2) is 8.51. The van der Waals surface area contributed by atoms with Crippen molar-refractivity contribution in [3.05, 3.63) is 34.6 Å². The summed E-state index contributed by atoms with van der Waals surface area (Å²) in [6.45, 7) is 7.76.